The Balaban J connectivity index is 2.68. The first-order valence-corrected chi connectivity index (χ1v) is 11.2. The second kappa shape index (κ2) is 15.7. The molecule has 0 aliphatic rings. The first-order chi connectivity index (χ1) is 17.0. The number of carboxylic acid groups (broad SMARTS) is 2. The lowest BCUT2D eigenvalue weighted by molar-refractivity contribution is -0.143. The lowest BCUT2D eigenvalue weighted by Crippen LogP contribution is -2.54. The Hall–Kier alpha value is -4.20. The molecule has 36 heavy (non-hydrogen) atoms. The van der Waals surface area contributed by atoms with Crippen LogP contribution in [0.2, 0.25) is 0 Å². The van der Waals surface area contributed by atoms with E-state index in [1.807, 2.05) is 0 Å². The Morgan fingerprint density at radius 3 is 2.17 bits per heavy atom. The molecule has 1 rings (SSSR count). The van der Waals surface area contributed by atoms with Crippen LogP contribution in [0.4, 0.5) is 0 Å². The van der Waals surface area contributed by atoms with Crippen LogP contribution in [-0.2, 0) is 30.4 Å². The molecule has 0 radical (unpaired) electrons. The van der Waals surface area contributed by atoms with E-state index in [9.17, 15) is 29.1 Å². The van der Waals surface area contributed by atoms with E-state index in [0.717, 1.165) is 0 Å². The molecular formula is C22H33N7O7. The summed E-state index contributed by atoms with van der Waals surface area (Å²) in [5.41, 5.74) is 16.8. The summed E-state index contributed by atoms with van der Waals surface area (Å²) < 4.78 is 0. The summed E-state index contributed by atoms with van der Waals surface area (Å²) in [5.74, 6) is -4.85. The van der Waals surface area contributed by atoms with Crippen LogP contribution in [0.5, 0.6) is 0 Å². The van der Waals surface area contributed by atoms with E-state index in [0.29, 0.717) is 12.0 Å². The van der Waals surface area contributed by atoms with E-state index in [-0.39, 0.29) is 31.8 Å². The van der Waals surface area contributed by atoms with Crippen LogP contribution in [0.1, 0.15) is 31.2 Å². The molecule has 3 unspecified atom stereocenters. The van der Waals surface area contributed by atoms with E-state index in [2.05, 4.69) is 20.9 Å². The third-order valence-electron chi connectivity index (χ3n) is 4.92. The predicted molar refractivity (Wildman–Crippen MR) is 129 cm³/mol. The van der Waals surface area contributed by atoms with Crippen molar-refractivity contribution in [3.8, 4) is 0 Å². The molecule has 0 aliphatic carbocycles. The molecule has 1 aromatic carbocycles. The number of carboxylic acids is 2. The van der Waals surface area contributed by atoms with Gasteiger partial charge in [0.1, 0.15) is 12.1 Å². The molecule has 3 amide bonds. The largest absolute Gasteiger partial charge is 0.481 e. The number of guanidine groups is 1. The molecule has 3 atom stereocenters. The zero-order chi connectivity index (χ0) is 27.1. The highest BCUT2D eigenvalue weighted by Crippen LogP contribution is 2.05. The van der Waals surface area contributed by atoms with Gasteiger partial charge >= 0.3 is 11.9 Å². The van der Waals surface area contributed by atoms with Crippen LogP contribution >= 0.6 is 0 Å². The van der Waals surface area contributed by atoms with Gasteiger partial charge in [0.25, 0.3) is 0 Å². The average molecular weight is 508 g/mol. The van der Waals surface area contributed by atoms with Crippen LogP contribution in [0.15, 0.2) is 35.3 Å². The van der Waals surface area contributed by atoms with Gasteiger partial charge in [0.2, 0.25) is 17.7 Å². The third-order valence-corrected chi connectivity index (χ3v) is 4.92. The SMILES string of the molecule is NC(N)=NCCCC(N)C(=O)NCC(=O)NC(CCC(=O)O)C(=O)NC(Cc1ccccc1)C(=O)O. The lowest BCUT2D eigenvalue weighted by atomic mass is 10.0. The van der Waals surface area contributed by atoms with E-state index in [4.69, 9.17) is 22.3 Å². The molecule has 198 valence electrons. The highest BCUT2D eigenvalue weighted by Gasteiger charge is 2.27. The molecule has 14 nitrogen and oxygen atoms in total. The number of nitrogens with one attached hydrogen (secondary N) is 3. The van der Waals surface area contributed by atoms with Crippen molar-refractivity contribution in [3.05, 3.63) is 35.9 Å². The van der Waals surface area contributed by atoms with Crippen molar-refractivity contribution >= 4 is 35.6 Å². The van der Waals surface area contributed by atoms with Gasteiger partial charge in [-0.3, -0.25) is 24.2 Å². The third kappa shape index (κ3) is 12.3. The minimum Gasteiger partial charge on any atom is -0.481 e. The summed E-state index contributed by atoms with van der Waals surface area (Å²) >= 11 is 0. The monoisotopic (exact) mass is 507 g/mol. The van der Waals surface area contributed by atoms with E-state index < -0.39 is 60.8 Å². The predicted octanol–water partition coefficient (Wildman–Crippen LogP) is -2.35. The van der Waals surface area contributed by atoms with Crippen molar-refractivity contribution in [2.45, 2.75) is 50.2 Å². The van der Waals surface area contributed by atoms with Gasteiger partial charge in [0, 0.05) is 19.4 Å². The summed E-state index contributed by atoms with van der Waals surface area (Å²) in [6, 6.07) is 5.02. The molecular weight excluding hydrogens is 474 g/mol. The smallest absolute Gasteiger partial charge is 0.326 e. The molecule has 0 heterocycles. The maximum atomic E-state index is 12.7. The first kappa shape index (κ1) is 29.8. The van der Waals surface area contributed by atoms with Crippen molar-refractivity contribution < 1.29 is 34.2 Å². The number of benzene rings is 1. The minimum atomic E-state index is -1.34. The average Bonchev–Trinajstić information content (AvgIpc) is 2.82. The molecule has 0 bridgehead atoms. The number of nitrogens with zero attached hydrogens (tertiary/aromatic N) is 1. The van der Waals surface area contributed by atoms with Crippen LogP contribution < -0.4 is 33.2 Å². The van der Waals surface area contributed by atoms with Crippen molar-refractivity contribution in [2.75, 3.05) is 13.1 Å². The molecule has 0 aliphatic heterocycles. The number of rotatable bonds is 16. The fourth-order valence-electron chi connectivity index (χ4n) is 3.05. The van der Waals surface area contributed by atoms with Gasteiger partial charge < -0.3 is 43.4 Å². The Morgan fingerprint density at radius 1 is 0.917 bits per heavy atom. The number of amides is 3. The standard InChI is InChI=1S/C22H33N7O7/c23-14(7-4-10-26-22(24)25)19(33)27-12-17(30)28-15(8-9-18(31)32)20(34)29-16(21(35)36)11-13-5-2-1-3-6-13/h1-3,5-6,14-16H,4,7-12,23H2,(H,27,33)(H,28,30)(H,29,34)(H,31,32)(H,35,36)(H4,24,25,26). The Bertz CT molecular complexity index is 936. The number of nitrogens with two attached hydrogens (primary N) is 3. The van der Waals surface area contributed by atoms with Crippen LogP contribution in [0.3, 0.4) is 0 Å². The van der Waals surface area contributed by atoms with Crippen molar-refractivity contribution in [2.24, 2.45) is 22.2 Å². The van der Waals surface area contributed by atoms with Crippen LogP contribution in [0, 0.1) is 0 Å². The van der Waals surface area contributed by atoms with Crippen LogP contribution in [-0.4, -0.2) is 77.0 Å². The van der Waals surface area contributed by atoms with Gasteiger partial charge in [0.15, 0.2) is 5.96 Å². The number of carbonyl (C=O) groups excluding carboxylic acids is 3. The highest BCUT2D eigenvalue weighted by molar-refractivity contribution is 5.92. The van der Waals surface area contributed by atoms with Crippen molar-refractivity contribution in [1.29, 1.82) is 0 Å². The maximum Gasteiger partial charge on any atom is 0.326 e. The molecule has 0 saturated carbocycles. The molecule has 11 N–H and O–H groups in total. The second-order valence-electron chi connectivity index (χ2n) is 7.91. The van der Waals surface area contributed by atoms with Crippen molar-refractivity contribution in [1.82, 2.24) is 16.0 Å². The molecule has 0 saturated heterocycles. The normalized spacial score (nSPS) is 12.9. The Kier molecular flexibility index (Phi) is 13.0. The summed E-state index contributed by atoms with van der Waals surface area (Å²) in [4.78, 5) is 63.5. The molecule has 0 fully saturated rings. The van der Waals surface area contributed by atoms with Crippen LogP contribution in [0.25, 0.3) is 0 Å². The summed E-state index contributed by atoms with van der Waals surface area (Å²) in [6.07, 6.45) is -0.0704. The number of carbonyl (C=O) groups is 5. The van der Waals surface area contributed by atoms with Gasteiger partial charge in [0.05, 0.1) is 12.6 Å². The fraction of sp³-hybridized carbons (Fsp3) is 0.455. The van der Waals surface area contributed by atoms with E-state index in [1.54, 1.807) is 30.3 Å². The fourth-order valence-corrected chi connectivity index (χ4v) is 3.05. The minimum absolute atomic E-state index is 0.0152. The number of aliphatic imine (C=N–C) groups is 1. The molecule has 14 heteroatoms. The van der Waals surface area contributed by atoms with Gasteiger partial charge in [-0.05, 0) is 24.8 Å². The van der Waals surface area contributed by atoms with Gasteiger partial charge in [-0.25, -0.2) is 4.79 Å². The number of hydrogen-bond donors (Lipinski definition) is 8. The summed E-state index contributed by atoms with van der Waals surface area (Å²) in [5, 5.41) is 25.5. The van der Waals surface area contributed by atoms with Gasteiger partial charge in [-0.1, -0.05) is 30.3 Å². The quantitative estimate of drug-likeness (QED) is 0.0671. The summed E-state index contributed by atoms with van der Waals surface area (Å²) in [7, 11) is 0. The van der Waals surface area contributed by atoms with Gasteiger partial charge in [-0.15, -0.1) is 0 Å². The van der Waals surface area contributed by atoms with Crippen molar-refractivity contribution in [3.63, 3.8) is 0 Å². The van der Waals surface area contributed by atoms with Gasteiger partial charge in [-0.2, -0.15) is 0 Å². The Morgan fingerprint density at radius 2 is 1.58 bits per heavy atom. The maximum absolute atomic E-state index is 12.7. The summed E-state index contributed by atoms with van der Waals surface area (Å²) in [6.45, 7) is -0.241. The first-order valence-electron chi connectivity index (χ1n) is 11.2. The Labute approximate surface area is 207 Å². The number of aliphatic carboxylic acids is 2. The zero-order valence-corrected chi connectivity index (χ0v) is 19.7. The molecule has 0 aromatic heterocycles. The number of hydrogen-bond acceptors (Lipinski definition) is 7. The second-order valence-corrected chi connectivity index (χ2v) is 7.91. The topological polar surface area (TPSA) is 252 Å². The molecule has 0 spiro atoms. The molecule has 1 aromatic rings. The van der Waals surface area contributed by atoms with E-state index in [1.165, 1.54) is 0 Å². The van der Waals surface area contributed by atoms with E-state index >= 15 is 0 Å². The zero-order valence-electron chi connectivity index (χ0n) is 19.7. The lowest BCUT2D eigenvalue weighted by Gasteiger charge is -2.21. The highest BCUT2D eigenvalue weighted by atomic mass is 16.4.